The second-order valence-electron chi connectivity index (χ2n) is 12.3. The predicted octanol–water partition coefficient (Wildman–Crippen LogP) is 7.67. The molecule has 230 valence electrons. The molecule has 7 heteroatoms. The van der Waals surface area contributed by atoms with Crippen molar-refractivity contribution < 1.29 is 23.8 Å². The smallest absolute Gasteiger partial charge is 0.307 e. The van der Waals surface area contributed by atoms with E-state index in [1.54, 1.807) is 19.2 Å². The quantitative estimate of drug-likeness (QED) is 0.192. The summed E-state index contributed by atoms with van der Waals surface area (Å²) >= 11 is 0. The minimum atomic E-state index is -0.868. The zero-order chi connectivity index (χ0) is 31.3. The third kappa shape index (κ3) is 7.57. The number of hydrogen-bond acceptors (Lipinski definition) is 5. The van der Waals surface area contributed by atoms with E-state index < -0.39 is 5.97 Å². The number of carboxylic acids is 1. The first-order chi connectivity index (χ1) is 21.1. The van der Waals surface area contributed by atoms with E-state index in [0.717, 1.165) is 82.3 Å². The van der Waals surface area contributed by atoms with Gasteiger partial charge >= 0.3 is 5.97 Å². The van der Waals surface area contributed by atoms with Crippen molar-refractivity contribution in [3.63, 3.8) is 0 Å². The second kappa shape index (κ2) is 13.5. The molecule has 1 saturated heterocycles. The number of halogens is 1. The lowest BCUT2D eigenvalue weighted by Gasteiger charge is -2.40. The molecule has 0 aliphatic carbocycles. The number of aryl methyl sites for hydroxylation is 1. The van der Waals surface area contributed by atoms with Crippen LogP contribution < -0.4 is 14.4 Å². The predicted molar refractivity (Wildman–Crippen MR) is 172 cm³/mol. The topological polar surface area (TPSA) is 71.9 Å². The van der Waals surface area contributed by atoms with Crippen molar-refractivity contribution in [3.8, 4) is 22.6 Å². The Morgan fingerprint density at radius 1 is 0.932 bits per heavy atom. The second-order valence-corrected chi connectivity index (χ2v) is 12.3. The molecular weight excluding hydrogens is 555 g/mol. The summed E-state index contributed by atoms with van der Waals surface area (Å²) in [6, 6.07) is 22.5. The molecule has 0 spiro atoms. The first kappa shape index (κ1) is 31.0. The summed E-state index contributed by atoms with van der Waals surface area (Å²) in [5, 5.41) is 9.93. The number of aliphatic carboxylic acids is 1. The summed E-state index contributed by atoms with van der Waals surface area (Å²) in [5.41, 5.74) is 7.69. The number of benzene rings is 3. The minimum absolute atomic E-state index is 0.0888. The van der Waals surface area contributed by atoms with Gasteiger partial charge in [0.25, 0.3) is 0 Å². The Kier molecular flexibility index (Phi) is 9.52. The number of rotatable bonds is 11. The first-order valence-electron chi connectivity index (χ1n) is 15.2. The van der Waals surface area contributed by atoms with Crippen molar-refractivity contribution in [2.24, 2.45) is 5.41 Å². The highest BCUT2D eigenvalue weighted by atomic mass is 19.1. The number of aromatic nitrogens is 1. The molecule has 2 heterocycles. The van der Waals surface area contributed by atoms with Gasteiger partial charge in [0.2, 0.25) is 0 Å². The molecule has 5 rings (SSSR count). The third-order valence-corrected chi connectivity index (χ3v) is 8.56. The average Bonchev–Trinajstić information content (AvgIpc) is 3.00. The number of methoxy groups -OCH3 is 1. The van der Waals surface area contributed by atoms with E-state index in [1.165, 1.54) is 12.1 Å². The van der Waals surface area contributed by atoms with Crippen LogP contribution in [0, 0.1) is 18.2 Å². The SMILES string of the molecule is COc1ccc(Cc2nc(C)c(CC(=O)O)c(N3CCC(C)(C)CC3)c2-c2ccc(OCCc3ccc(F)cc3)cc2)cc1. The maximum atomic E-state index is 13.3. The Bertz CT molecular complexity index is 1570. The lowest BCUT2D eigenvalue weighted by atomic mass is 9.81. The molecule has 0 bridgehead atoms. The summed E-state index contributed by atoms with van der Waals surface area (Å²) in [4.78, 5) is 19.5. The molecule has 1 N–H and O–H groups in total. The average molecular weight is 597 g/mol. The lowest BCUT2D eigenvalue weighted by Crippen LogP contribution is -2.38. The molecule has 0 atom stereocenters. The fourth-order valence-electron chi connectivity index (χ4n) is 5.86. The molecule has 1 aliphatic rings. The molecular formula is C37H41FN2O4. The van der Waals surface area contributed by atoms with Gasteiger partial charge < -0.3 is 19.5 Å². The first-order valence-corrected chi connectivity index (χ1v) is 15.2. The zero-order valence-corrected chi connectivity index (χ0v) is 26.0. The van der Waals surface area contributed by atoms with E-state index in [1.807, 2.05) is 55.5 Å². The highest BCUT2D eigenvalue weighted by Gasteiger charge is 2.31. The monoisotopic (exact) mass is 596 g/mol. The normalized spacial score (nSPS) is 14.3. The van der Waals surface area contributed by atoms with E-state index in [2.05, 4.69) is 18.7 Å². The number of carbonyl (C=O) groups is 1. The van der Waals surface area contributed by atoms with Crippen LogP contribution >= 0.6 is 0 Å². The molecule has 44 heavy (non-hydrogen) atoms. The standard InChI is InChI=1S/C37H41FN2O4/c1-25-32(24-34(41)42)36(40-20-18-37(2,3)19-21-40)35(33(39-25)23-27-7-13-30(43-4)14-8-27)28-9-15-31(16-10-28)44-22-17-26-5-11-29(38)12-6-26/h5-16H,17-24H2,1-4H3,(H,41,42). The van der Waals surface area contributed by atoms with Gasteiger partial charge in [-0.05, 0) is 78.3 Å². The molecule has 1 fully saturated rings. The Labute approximate surface area is 259 Å². The van der Waals surface area contributed by atoms with Crippen LogP contribution in [-0.2, 0) is 24.1 Å². The van der Waals surface area contributed by atoms with Crippen LogP contribution in [0.5, 0.6) is 11.5 Å². The highest BCUT2D eigenvalue weighted by molar-refractivity contribution is 5.87. The molecule has 0 unspecified atom stereocenters. The van der Waals surface area contributed by atoms with Gasteiger partial charge in [0.15, 0.2) is 0 Å². The molecule has 0 saturated carbocycles. The van der Waals surface area contributed by atoms with Crippen molar-refractivity contribution >= 4 is 11.7 Å². The third-order valence-electron chi connectivity index (χ3n) is 8.56. The molecule has 0 amide bonds. The van der Waals surface area contributed by atoms with Crippen LogP contribution in [0.25, 0.3) is 11.1 Å². The highest BCUT2D eigenvalue weighted by Crippen LogP contribution is 2.42. The van der Waals surface area contributed by atoms with Gasteiger partial charge in [-0.1, -0.05) is 50.2 Å². The van der Waals surface area contributed by atoms with Gasteiger partial charge in [-0.3, -0.25) is 9.78 Å². The Balaban J connectivity index is 1.53. The van der Waals surface area contributed by atoms with Gasteiger partial charge in [0.1, 0.15) is 17.3 Å². The van der Waals surface area contributed by atoms with E-state index >= 15 is 0 Å². The van der Waals surface area contributed by atoms with E-state index in [0.29, 0.717) is 19.4 Å². The largest absolute Gasteiger partial charge is 0.497 e. The Hall–Kier alpha value is -4.39. The van der Waals surface area contributed by atoms with Crippen molar-refractivity contribution in [2.75, 3.05) is 31.7 Å². The zero-order valence-electron chi connectivity index (χ0n) is 26.0. The summed E-state index contributed by atoms with van der Waals surface area (Å²) in [6.45, 7) is 8.69. The number of hydrogen-bond donors (Lipinski definition) is 1. The van der Waals surface area contributed by atoms with Gasteiger partial charge in [0.05, 0.1) is 31.5 Å². The molecule has 1 aliphatic heterocycles. The van der Waals surface area contributed by atoms with Crippen LogP contribution in [0.3, 0.4) is 0 Å². The Morgan fingerprint density at radius 2 is 1.55 bits per heavy atom. The summed E-state index contributed by atoms with van der Waals surface area (Å²) in [6.07, 6.45) is 3.22. The summed E-state index contributed by atoms with van der Waals surface area (Å²) in [7, 11) is 1.65. The van der Waals surface area contributed by atoms with Crippen molar-refractivity contribution in [2.45, 2.75) is 52.9 Å². The van der Waals surface area contributed by atoms with E-state index in [-0.39, 0.29) is 17.7 Å². The fraction of sp³-hybridized carbons (Fsp3) is 0.351. The fourth-order valence-corrected chi connectivity index (χ4v) is 5.86. The van der Waals surface area contributed by atoms with Crippen LogP contribution in [0.1, 0.15) is 54.8 Å². The van der Waals surface area contributed by atoms with Gasteiger partial charge in [0, 0.05) is 42.8 Å². The number of anilines is 1. The van der Waals surface area contributed by atoms with Crippen molar-refractivity contribution in [1.82, 2.24) is 4.98 Å². The minimum Gasteiger partial charge on any atom is -0.497 e. The molecule has 4 aromatic rings. The van der Waals surface area contributed by atoms with Crippen LogP contribution in [0.4, 0.5) is 10.1 Å². The van der Waals surface area contributed by atoms with E-state index in [4.69, 9.17) is 14.5 Å². The molecule has 3 aromatic carbocycles. The maximum absolute atomic E-state index is 13.3. The molecule has 0 radical (unpaired) electrons. The number of pyridine rings is 1. The lowest BCUT2D eigenvalue weighted by molar-refractivity contribution is -0.136. The number of ether oxygens (including phenoxy) is 2. The number of carboxylic acid groups (broad SMARTS) is 1. The maximum Gasteiger partial charge on any atom is 0.307 e. The van der Waals surface area contributed by atoms with Gasteiger partial charge in [-0.2, -0.15) is 0 Å². The Morgan fingerprint density at radius 3 is 2.16 bits per heavy atom. The molecule has 6 nitrogen and oxygen atoms in total. The van der Waals surface area contributed by atoms with Gasteiger partial charge in [-0.15, -0.1) is 0 Å². The molecule has 1 aromatic heterocycles. The summed E-state index contributed by atoms with van der Waals surface area (Å²) in [5.74, 6) is 0.412. The number of nitrogens with zero attached hydrogens (tertiary/aromatic N) is 2. The summed E-state index contributed by atoms with van der Waals surface area (Å²) < 4.78 is 24.6. The van der Waals surface area contributed by atoms with Crippen molar-refractivity contribution in [1.29, 1.82) is 0 Å². The van der Waals surface area contributed by atoms with Crippen molar-refractivity contribution in [3.05, 3.63) is 107 Å². The van der Waals surface area contributed by atoms with Crippen LogP contribution in [-0.4, -0.2) is 42.9 Å². The van der Waals surface area contributed by atoms with Gasteiger partial charge in [-0.25, -0.2) is 4.39 Å². The van der Waals surface area contributed by atoms with Crippen LogP contribution in [0.15, 0.2) is 72.8 Å². The van der Waals surface area contributed by atoms with E-state index in [9.17, 15) is 14.3 Å². The van der Waals surface area contributed by atoms with Crippen LogP contribution in [0.2, 0.25) is 0 Å². The number of piperidine rings is 1.